The summed E-state index contributed by atoms with van der Waals surface area (Å²) in [5, 5.41) is 18.0. The van der Waals surface area contributed by atoms with Gasteiger partial charge in [-0.15, -0.1) is 19.7 Å². The van der Waals surface area contributed by atoms with Gasteiger partial charge in [0.2, 0.25) is 0 Å². The Morgan fingerprint density at radius 3 is 0.897 bits per heavy atom. The van der Waals surface area contributed by atoms with Gasteiger partial charge in [-0.05, 0) is 72.6 Å². The lowest BCUT2D eigenvalue weighted by Gasteiger charge is -2.49. The van der Waals surface area contributed by atoms with Crippen molar-refractivity contribution in [2.45, 2.75) is 197 Å². The van der Waals surface area contributed by atoms with Crippen LogP contribution in [0.15, 0.2) is 38.0 Å². The third kappa shape index (κ3) is 34.7. The molecule has 0 bridgehead atoms. The predicted molar refractivity (Wildman–Crippen MR) is 355 cm³/mol. The fraction of sp³-hybridized carbons (Fsp3) is 0.908. The van der Waals surface area contributed by atoms with E-state index in [2.05, 4.69) is 106 Å². The average Bonchev–Trinajstić information content (AvgIpc) is 1.85. The summed E-state index contributed by atoms with van der Waals surface area (Å²) in [6.45, 7) is 61.8. The molecule has 19 nitrogen and oxygen atoms in total. The highest BCUT2D eigenvalue weighted by atomic mass is 28.3. The van der Waals surface area contributed by atoms with Gasteiger partial charge in [0.1, 0.15) is 0 Å². The zero-order chi connectivity index (χ0) is 66.1. The maximum Gasteiger partial charge on any atom is 0.412 e. The summed E-state index contributed by atoms with van der Waals surface area (Å²) in [6.07, 6.45) is 7.66. The van der Waals surface area contributed by atoms with Gasteiger partial charge in [0.05, 0.1) is 145 Å². The second kappa shape index (κ2) is 45.4. The Morgan fingerprint density at radius 2 is 0.690 bits per heavy atom. The molecule has 2 N–H and O–H groups in total. The van der Waals surface area contributed by atoms with Crippen LogP contribution in [0.2, 0.25) is 71.0 Å². The largest absolute Gasteiger partial charge is 0.412 e. The lowest BCUT2D eigenvalue weighted by atomic mass is 9.86. The van der Waals surface area contributed by atoms with Crippen molar-refractivity contribution in [1.29, 1.82) is 0 Å². The molecule has 4 aliphatic heterocycles. The van der Waals surface area contributed by atoms with Crippen molar-refractivity contribution in [2.75, 3.05) is 159 Å². The van der Waals surface area contributed by atoms with E-state index in [1.54, 1.807) is 18.2 Å². The fourth-order valence-electron chi connectivity index (χ4n) is 8.64. The van der Waals surface area contributed by atoms with E-state index in [0.717, 1.165) is 51.7 Å². The van der Waals surface area contributed by atoms with Crippen molar-refractivity contribution >= 4 is 24.9 Å². The van der Waals surface area contributed by atoms with Crippen molar-refractivity contribution in [2.24, 2.45) is 27.1 Å². The Bertz CT molecular complexity index is 1560. The molecule has 0 amide bonds. The second-order valence-corrected chi connectivity index (χ2v) is 41.4. The Hall–Kier alpha value is -0.889. The molecule has 4 heterocycles. The maximum atomic E-state index is 9.01. The van der Waals surface area contributed by atoms with E-state index in [4.69, 9.17) is 90.7 Å². The number of aliphatic hydroxyl groups excluding tert-OH is 2. The molecule has 0 aliphatic carbocycles. The first-order chi connectivity index (χ1) is 41.2. The van der Waals surface area contributed by atoms with Crippen LogP contribution >= 0.6 is 0 Å². The SMILES string of the molecule is C=CCOCC(CC)(CO)CO.C=CCOCC1(CC)COC2(OC1)OCC(CC)(COCC=C)CO2.CCC1(COCCC[Si](C)(C)C)COC2(OC1)OCC(CC)(COCCC[Si](C)(C)C)CO2.CCOC(OCC)(OCC)OCC.C[SiH](C)C. The molecule has 0 aromatic heterocycles. The van der Waals surface area contributed by atoms with Crippen LogP contribution < -0.4 is 0 Å². The Morgan fingerprint density at radius 1 is 0.437 bits per heavy atom. The molecule has 0 atom stereocenters. The van der Waals surface area contributed by atoms with Crippen molar-refractivity contribution in [1.82, 2.24) is 0 Å². The van der Waals surface area contributed by atoms with E-state index in [9.17, 15) is 0 Å². The zero-order valence-electron chi connectivity index (χ0n) is 58.6. The molecule has 0 aromatic rings. The predicted octanol–water partition coefficient (Wildman–Crippen LogP) is 12.3. The zero-order valence-corrected chi connectivity index (χ0v) is 61.8. The lowest BCUT2D eigenvalue weighted by Crippen LogP contribution is -2.59. The molecule has 4 aliphatic rings. The monoisotopic (exact) mass is 1300 g/mol. The molecule has 4 saturated heterocycles. The van der Waals surface area contributed by atoms with Crippen LogP contribution in [0.25, 0.3) is 0 Å². The summed E-state index contributed by atoms with van der Waals surface area (Å²) in [5.41, 5.74) is -1.14. The quantitative estimate of drug-likeness (QED) is 0.0255. The van der Waals surface area contributed by atoms with Crippen LogP contribution in [0.4, 0.5) is 0 Å². The Kier molecular flexibility index (Phi) is 45.0. The topological polar surface area (TPSA) is 197 Å². The van der Waals surface area contributed by atoms with E-state index in [1.165, 1.54) is 12.1 Å². The van der Waals surface area contributed by atoms with Gasteiger partial charge >= 0.3 is 18.5 Å². The normalized spacial score (nSPS) is 25.9. The summed E-state index contributed by atoms with van der Waals surface area (Å²) in [5.74, 6) is 0. The number of hydrogen-bond donors (Lipinski definition) is 2. The van der Waals surface area contributed by atoms with Gasteiger partial charge in [-0.2, -0.15) is 0 Å². The molecular formula is C65H132O19Si3. The summed E-state index contributed by atoms with van der Waals surface area (Å²) in [7, 11) is -2.15. The van der Waals surface area contributed by atoms with E-state index in [-0.39, 0.29) is 43.7 Å². The molecule has 518 valence electrons. The summed E-state index contributed by atoms with van der Waals surface area (Å²) in [4.78, 5) is 0. The lowest BCUT2D eigenvalue weighted by molar-refractivity contribution is -0.549. The first kappa shape index (κ1) is 86.1. The maximum absolute atomic E-state index is 9.01. The first-order valence-electron chi connectivity index (χ1n) is 32.8. The standard InChI is InChI=1S/C25H52O6Si2.C19H32O6.C9H20O4.C9H18O3.C3H10Si/c1-9-23(17-26-13-11-15-32(3,4)5)19-28-25(29-20-23)30-21-24(10-2,22-31-25)18-27-14-12-16-33(6,7)8;1-5-9-20-11-17(7-3)13-22-19(23-14-17)24-15-18(8-4,16-25-19)12-21-10-6-2;1-5-10-9(11-6-2,12-7-3)13-8-4;1-3-5-12-8-9(4-2,6-10)7-11;1-4(2)3/h9-22H2,1-8H3;5-6H,1-2,7-16H2,3-4H3;5-8H2,1-4H3;3,10-11H,1,4-8H2,2H3;4H,1-3H3. The Balaban J connectivity index is 0.00000120. The third-order valence-corrected chi connectivity index (χ3v) is 19.0. The molecule has 4 fully saturated rings. The van der Waals surface area contributed by atoms with E-state index < -0.39 is 40.0 Å². The van der Waals surface area contributed by atoms with Gasteiger partial charge < -0.3 is 90.7 Å². The highest BCUT2D eigenvalue weighted by Crippen LogP contribution is 2.42. The van der Waals surface area contributed by atoms with Crippen LogP contribution in [-0.4, -0.2) is 212 Å². The molecule has 4 rings (SSSR count). The van der Waals surface area contributed by atoms with Gasteiger partial charge in [-0.1, -0.05) is 124 Å². The molecule has 22 heteroatoms. The fourth-order valence-corrected chi connectivity index (χ4v) is 11.1. The minimum Gasteiger partial charge on any atom is -0.396 e. The molecule has 0 radical (unpaired) electrons. The number of hydrogen-bond acceptors (Lipinski definition) is 19. The average molecular weight is 1300 g/mol. The van der Waals surface area contributed by atoms with E-state index in [1.807, 2.05) is 34.6 Å². The minimum atomic E-state index is -1.39. The van der Waals surface area contributed by atoms with Crippen LogP contribution in [0.3, 0.4) is 0 Å². The highest BCUT2D eigenvalue weighted by Gasteiger charge is 2.54. The number of ether oxygens (including phenoxy) is 17. The third-order valence-electron chi connectivity index (χ3n) is 15.3. The van der Waals surface area contributed by atoms with Crippen molar-refractivity contribution in [3.8, 4) is 0 Å². The van der Waals surface area contributed by atoms with Crippen LogP contribution in [-0.2, 0) is 80.5 Å². The van der Waals surface area contributed by atoms with Gasteiger partial charge in [0.15, 0.2) is 0 Å². The Labute approximate surface area is 533 Å². The van der Waals surface area contributed by atoms with Gasteiger partial charge in [0, 0.05) is 65.2 Å². The molecule has 0 saturated carbocycles. The molecule has 0 unspecified atom stereocenters. The number of aliphatic hydroxyl groups is 2. The summed E-state index contributed by atoms with van der Waals surface area (Å²) >= 11 is 0. The second-order valence-electron chi connectivity index (χ2n) is 26.7. The van der Waals surface area contributed by atoms with Crippen molar-refractivity contribution in [3.63, 3.8) is 0 Å². The van der Waals surface area contributed by atoms with Gasteiger partial charge in [-0.25, -0.2) is 0 Å². The smallest absolute Gasteiger partial charge is 0.396 e. The first-order valence-corrected chi connectivity index (χ1v) is 43.6. The molecule has 87 heavy (non-hydrogen) atoms. The van der Waals surface area contributed by atoms with E-state index in [0.29, 0.717) is 139 Å². The van der Waals surface area contributed by atoms with Crippen LogP contribution in [0, 0.1) is 27.1 Å². The summed E-state index contributed by atoms with van der Waals surface area (Å²) < 4.78 is 97.4. The van der Waals surface area contributed by atoms with Crippen LogP contribution in [0.1, 0.15) is 107 Å². The van der Waals surface area contributed by atoms with Crippen molar-refractivity contribution < 1.29 is 90.7 Å². The molecule has 0 aromatic carbocycles. The van der Waals surface area contributed by atoms with Crippen LogP contribution in [0.5, 0.6) is 0 Å². The highest BCUT2D eigenvalue weighted by molar-refractivity contribution is 6.76. The molecule has 2 spiro atoms. The van der Waals surface area contributed by atoms with Crippen molar-refractivity contribution in [3.05, 3.63) is 38.0 Å². The minimum absolute atomic E-state index is 0.0445. The molecular weight excluding hydrogens is 1170 g/mol. The number of rotatable bonds is 39. The summed E-state index contributed by atoms with van der Waals surface area (Å²) in [6, 6.07) is 2.59. The van der Waals surface area contributed by atoms with Gasteiger partial charge in [-0.3, -0.25) is 0 Å². The van der Waals surface area contributed by atoms with E-state index >= 15 is 0 Å². The van der Waals surface area contributed by atoms with Gasteiger partial charge in [0.25, 0.3) is 0 Å².